The maximum atomic E-state index is 8.83. The zero-order valence-electron chi connectivity index (χ0n) is 10.1. The molecular weight excluding hydrogens is 212 g/mol. The predicted molar refractivity (Wildman–Crippen MR) is 66.4 cm³/mol. The SMILES string of the molecule is COC1CCCC1NCc1cccc(C#N)c1. The van der Waals surface area contributed by atoms with E-state index in [0.29, 0.717) is 12.1 Å². The fourth-order valence-electron chi connectivity index (χ4n) is 2.44. The van der Waals surface area contributed by atoms with Crippen LogP contribution in [0.25, 0.3) is 0 Å². The number of hydrogen-bond donors (Lipinski definition) is 1. The van der Waals surface area contributed by atoms with Gasteiger partial charge in [-0.3, -0.25) is 0 Å². The van der Waals surface area contributed by atoms with Gasteiger partial charge in [-0.15, -0.1) is 0 Å². The Bertz CT molecular complexity index is 411. The Hall–Kier alpha value is -1.37. The normalized spacial score (nSPS) is 23.5. The molecule has 0 amide bonds. The second-order valence-corrected chi connectivity index (χ2v) is 4.50. The first-order chi connectivity index (χ1) is 8.33. The first-order valence-electron chi connectivity index (χ1n) is 6.08. The van der Waals surface area contributed by atoms with Gasteiger partial charge in [-0.2, -0.15) is 5.26 Å². The lowest BCUT2D eigenvalue weighted by Gasteiger charge is -2.19. The summed E-state index contributed by atoms with van der Waals surface area (Å²) in [7, 11) is 1.78. The quantitative estimate of drug-likeness (QED) is 0.862. The van der Waals surface area contributed by atoms with Crippen LogP contribution in [0.4, 0.5) is 0 Å². The van der Waals surface area contributed by atoms with E-state index in [1.165, 1.54) is 12.8 Å². The average molecular weight is 230 g/mol. The highest BCUT2D eigenvalue weighted by atomic mass is 16.5. The number of benzene rings is 1. The van der Waals surface area contributed by atoms with Crippen molar-refractivity contribution in [2.45, 2.75) is 38.0 Å². The maximum absolute atomic E-state index is 8.83. The average Bonchev–Trinajstić information content (AvgIpc) is 2.84. The van der Waals surface area contributed by atoms with Crippen LogP contribution in [0.2, 0.25) is 0 Å². The van der Waals surface area contributed by atoms with Gasteiger partial charge in [0, 0.05) is 19.7 Å². The summed E-state index contributed by atoms with van der Waals surface area (Å²) in [6.07, 6.45) is 3.89. The minimum absolute atomic E-state index is 0.342. The minimum atomic E-state index is 0.342. The highest BCUT2D eigenvalue weighted by molar-refractivity contribution is 5.32. The monoisotopic (exact) mass is 230 g/mol. The molecule has 3 nitrogen and oxygen atoms in total. The number of rotatable bonds is 4. The highest BCUT2D eigenvalue weighted by Crippen LogP contribution is 2.21. The summed E-state index contributed by atoms with van der Waals surface area (Å²) in [5.41, 5.74) is 1.88. The molecule has 0 saturated heterocycles. The molecular formula is C14H18N2O. The van der Waals surface area contributed by atoms with Crippen molar-refractivity contribution < 1.29 is 4.74 Å². The molecule has 2 unspecified atom stereocenters. The lowest BCUT2D eigenvalue weighted by molar-refractivity contribution is 0.0847. The molecule has 90 valence electrons. The van der Waals surface area contributed by atoms with Crippen LogP contribution in [-0.2, 0) is 11.3 Å². The van der Waals surface area contributed by atoms with Gasteiger partial charge in [-0.05, 0) is 37.0 Å². The molecule has 2 rings (SSSR count). The second kappa shape index (κ2) is 5.81. The third-order valence-corrected chi connectivity index (χ3v) is 3.38. The fourth-order valence-corrected chi connectivity index (χ4v) is 2.44. The van der Waals surface area contributed by atoms with E-state index >= 15 is 0 Å². The van der Waals surface area contributed by atoms with Crippen LogP contribution in [0.1, 0.15) is 30.4 Å². The van der Waals surface area contributed by atoms with Crippen molar-refractivity contribution in [2.75, 3.05) is 7.11 Å². The first kappa shape index (κ1) is 12.1. The van der Waals surface area contributed by atoms with Crippen LogP contribution in [0.3, 0.4) is 0 Å². The Morgan fingerprint density at radius 2 is 2.35 bits per heavy atom. The van der Waals surface area contributed by atoms with Gasteiger partial charge in [0.2, 0.25) is 0 Å². The molecule has 0 heterocycles. The van der Waals surface area contributed by atoms with E-state index in [9.17, 15) is 0 Å². The van der Waals surface area contributed by atoms with E-state index in [-0.39, 0.29) is 0 Å². The van der Waals surface area contributed by atoms with Crippen molar-refractivity contribution in [2.24, 2.45) is 0 Å². The molecule has 1 saturated carbocycles. The fraction of sp³-hybridized carbons (Fsp3) is 0.500. The van der Waals surface area contributed by atoms with E-state index in [1.807, 2.05) is 24.3 Å². The largest absolute Gasteiger partial charge is 0.380 e. The van der Waals surface area contributed by atoms with Crippen LogP contribution in [0.5, 0.6) is 0 Å². The topological polar surface area (TPSA) is 45.0 Å². The molecule has 0 radical (unpaired) electrons. The smallest absolute Gasteiger partial charge is 0.0991 e. The summed E-state index contributed by atoms with van der Waals surface area (Å²) in [5, 5.41) is 12.3. The van der Waals surface area contributed by atoms with Crippen molar-refractivity contribution in [1.29, 1.82) is 5.26 Å². The predicted octanol–water partition coefficient (Wildman–Crippen LogP) is 2.22. The Balaban J connectivity index is 1.91. The van der Waals surface area contributed by atoms with Crippen LogP contribution < -0.4 is 5.32 Å². The molecule has 17 heavy (non-hydrogen) atoms. The molecule has 2 atom stereocenters. The van der Waals surface area contributed by atoms with E-state index in [4.69, 9.17) is 10.00 Å². The highest BCUT2D eigenvalue weighted by Gasteiger charge is 2.26. The van der Waals surface area contributed by atoms with Gasteiger partial charge in [-0.1, -0.05) is 12.1 Å². The molecule has 0 aliphatic heterocycles. The summed E-state index contributed by atoms with van der Waals surface area (Å²) in [6, 6.07) is 10.4. The van der Waals surface area contributed by atoms with Gasteiger partial charge in [0.1, 0.15) is 0 Å². The summed E-state index contributed by atoms with van der Waals surface area (Å²) >= 11 is 0. The second-order valence-electron chi connectivity index (χ2n) is 4.50. The molecule has 3 heteroatoms. The standard InChI is InChI=1S/C14H18N2O/c1-17-14-7-3-6-13(14)16-10-12-5-2-4-11(8-12)9-15/h2,4-5,8,13-14,16H,3,6-7,10H2,1H3. The minimum Gasteiger partial charge on any atom is -0.380 e. The number of nitrogens with zero attached hydrogens (tertiary/aromatic N) is 1. The molecule has 1 aliphatic carbocycles. The van der Waals surface area contributed by atoms with Crippen molar-refractivity contribution >= 4 is 0 Å². The van der Waals surface area contributed by atoms with Gasteiger partial charge in [0.15, 0.2) is 0 Å². The maximum Gasteiger partial charge on any atom is 0.0991 e. The Morgan fingerprint density at radius 1 is 1.47 bits per heavy atom. The van der Waals surface area contributed by atoms with Crippen LogP contribution in [0.15, 0.2) is 24.3 Å². The molecule has 1 aromatic carbocycles. The zero-order valence-corrected chi connectivity index (χ0v) is 10.1. The van der Waals surface area contributed by atoms with E-state index in [1.54, 1.807) is 7.11 Å². The third-order valence-electron chi connectivity index (χ3n) is 3.38. The van der Waals surface area contributed by atoms with Gasteiger partial charge in [0.25, 0.3) is 0 Å². The van der Waals surface area contributed by atoms with Crippen LogP contribution in [0, 0.1) is 11.3 Å². The zero-order chi connectivity index (χ0) is 12.1. The summed E-state index contributed by atoms with van der Waals surface area (Å²) in [4.78, 5) is 0. The van der Waals surface area contributed by atoms with Gasteiger partial charge < -0.3 is 10.1 Å². The van der Waals surface area contributed by atoms with Crippen molar-refractivity contribution in [3.63, 3.8) is 0 Å². The lowest BCUT2D eigenvalue weighted by Crippen LogP contribution is -2.36. The van der Waals surface area contributed by atoms with Crippen LogP contribution in [-0.4, -0.2) is 19.3 Å². The Labute approximate surface area is 102 Å². The number of methoxy groups -OCH3 is 1. The lowest BCUT2D eigenvalue weighted by atomic mass is 10.1. The Morgan fingerprint density at radius 3 is 3.12 bits per heavy atom. The van der Waals surface area contributed by atoms with Gasteiger partial charge >= 0.3 is 0 Å². The summed E-state index contributed by atoms with van der Waals surface area (Å²) in [6.45, 7) is 0.806. The molecule has 1 aliphatic rings. The Kier molecular flexibility index (Phi) is 4.13. The number of nitrogens with one attached hydrogen (secondary N) is 1. The van der Waals surface area contributed by atoms with E-state index in [0.717, 1.165) is 24.1 Å². The van der Waals surface area contributed by atoms with Crippen molar-refractivity contribution in [3.8, 4) is 6.07 Å². The third kappa shape index (κ3) is 3.06. The molecule has 1 fully saturated rings. The number of nitriles is 1. The van der Waals surface area contributed by atoms with E-state index < -0.39 is 0 Å². The van der Waals surface area contributed by atoms with Gasteiger partial charge in [-0.25, -0.2) is 0 Å². The summed E-state index contributed by atoms with van der Waals surface area (Å²) < 4.78 is 5.44. The summed E-state index contributed by atoms with van der Waals surface area (Å²) in [5.74, 6) is 0. The van der Waals surface area contributed by atoms with Crippen molar-refractivity contribution in [1.82, 2.24) is 5.32 Å². The van der Waals surface area contributed by atoms with E-state index in [2.05, 4.69) is 11.4 Å². The molecule has 0 spiro atoms. The number of hydrogen-bond acceptors (Lipinski definition) is 3. The number of ether oxygens (including phenoxy) is 1. The molecule has 1 N–H and O–H groups in total. The van der Waals surface area contributed by atoms with Gasteiger partial charge in [0.05, 0.1) is 17.7 Å². The molecule has 1 aromatic rings. The first-order valence-corrected chi connectivity index (χ1v) is 6.08. The van der Waals surface area contributed by atoms with Crippen LogP contribution >= 0.6 is 0 Å². The molecule has 0 aromatic heterocycles. The van der Waals surface area contributed by atoms with Crippen molar-refractivity contribution in [3.05, 3.63) is 35.4 Å². The molecule has 0 bridgehead atoms.